The fourth-order valence-electron chi connectivity index (χ4n) is 3.98. The Bertz CT molecular complexity index is 1240. The average Bonchev–Trinajstić information content (AvgIpc) is 3.27. The van der Waals surface area contributed by atoms with Gasteiger partial charge in [-0.3, -0.25) is 4.90 Å². The summed E-state index contributed by atoms with van der Waals surface area (Å²) in [6.45, 7) is 4.74. The summed E-state index contributed by atoms with van der Waals surface area (Å²) in [5, 5.41) is 14.4. The van der Waals surface area contributed by atoms with E-state index >= 15 is 0 Å². The minimum Gasteiger partial charge on any atom is -0.454 e. The van der Waals surface area contributed by atoms with E-state index in [1.54, 1.807) is 12.4 Å². The van der Waals surface area contributed by atoms with Crippen LogP contribution in [0.2, 0.25) is 0 Å². The third kappa shape index (κ3) is 3.81. The van der Waals surface area contributed by atoms with E-state index in [1.807, 2.05) is 34.9 Å². The molecular formula is C23H24N4O3. The molecule has 0 radical (unpaired) electrons. The molecule has 0 aliphatic carbocycles. The van der Waals surface area contributed by atoms with Gasteiger partial charge >= 0.3 is 0 Å². The van der Waals surface area contributed by atoms with Crippen LogP contribution in [0.5, 0.6) is 0 Å². The summed E-state index contributed by atoms with van der Waals surface area (Å²) in [7, 11) is 0. The molecule has 30 heavy (non-hydrogen) atoms. The quantitative estimate of drug-likeness (QED) is 0.408. The maximum absolute atomic E-state index is 9.62. The van der Waals surface area contributed by atoms with Crippen molar-refractivity contribution in [3.05, 3.63) is 65.9 Å². The summed E-state index contributed by atoms with van der Waals surface area (Å²) in [6.07, 6.45) is 5.73. The van der Waals surface area contributed by atoms with Gasteiger partial charge in [-0.25, -0.2) is 4.98 Å². The van der Waals surface area contributed by atoms with E-state index in [9.17, 15) is 5.21 Å². The lowest BCUT2D eigenvalue weighted by Gasteiger charge is -2.26. The van der Waals surface area contributed by atoms with Gasteiger partial charge in [0.05, 0.1) is 19.5 Å². The average molecular weight is 404 g/mol. The van der Waals surface area contributed by atoms with Crippen LogP contribution in [0.3, 0.4) is 0 Å². The molecule has 0 bridgehead atoms. The van der Waals surface area contributed by atoms with Gasteiger partial charge in [0.2, 0.25) is 0 Å². The van der Waals surface area contributed by atoms with Crippen LogP contribution in [0.25, 0.3) is 27.9 Å². The summed E-state index contributed by atoms with van der Waals surface area (Å²) >= 11 is 0. The highest BCUT2D eigenvalue weighted by atomic mass is 16.5. The van der Waals surface area contributed by atoms with Crippen LogP contribution in [-0.2, 0) is 11.2 Å². The fourth-order valence-corrected chi connectivity index (χ4v) is 3.98. The van der Waals surface area contributed by atoms with E-state index in [4.69, 9.17) is 9.15 Å². The number of benzene rings is 1. The molecule has 1 N–H and O–H groups in total. The van der Waals surface area contributed by atoms with E-state index in [2.05, 4.69) is 27.2 Å². The van der Waals surface area contributed by atoms with Crippen LogP contribution in [0.4, 0.5) is 0 Å². The molecule has 154 valence electrons. The van der Waals surface area contributed by atoms with E-state index in [0.717, 1.165) is 56.6 Å². The Balaban J connectivity index is 1.40. The summed E-state index contributed by atoms with van der Waals surface area (Å²) in [5.41, 5.74) is 3.60. The first-order valence-electron chi connectivity index (χ1n) is 10.3. The zero-order valence-electron chi connectivity index (χ0n) is 16.7. The molecule has 3 aromatic heterocycles. The highest BCUT2D eigenvalue weighted by Gasteiger charge is 2.11. The molecule has 1 aliphatic rings. The van der Waals surface area contributed by atoms with Crippen molar-refractivity contribution in [2.45, 2.75) is 12.8 Å². The lowest BCUT2D eigenvalue weighted by molar-refractivity contribution is 0.0375. The summed E-state index contributed by atoms with van der Waals surface area (Å²) in [5.74, 6) is 0.569. The van der Waals surface area contributed by atoms with Crippen LogP contribution >= 0.6 is 0 Å². The van der Waals surface area contributed by atoms with Crippen molar-refractivity contribution >= 4 is 16.5 Å². The largest absolute Gasteiger partial charge is 0.454 e. The number of rotatable bonds is 5. The number of ether oxygens (including phenoxy) is 1. The number of aromatic nitrogens is 2. The van der Waals surface area contributed by atoms with Gasteiger partial charge < -0.3 is 18.8 Å². The molecule has 0 amide bonds. The molecule has 7 heteroatoms. The summed E-state index contributed by atoms with van der Waals surface area (Å²) in [4.78, 5) is 6.91. The van der Waals surface area contributed by atoms with Crippen molar-refractivity contribution in [2.24, 2.45) is 5.16 Å². The van der Waals surface area contributed by atoms with E-state index in [1.165, 1.54) is 5.56 Å². The molecule has 4 aromatic rings. The Morgan fingerprint density at radius 3 is 2.87 bits per heavy atom. The monoisotopic (exact) mass is 404 g/mol. The fraction of sp³-hybridized carbons (Fsp3) is 0.304. The molecule has 1 aromatic carbocycles. The highest BCUT2D eigenvalue weighted by molar-refractivity contribution is 5.79. The third-order valence-corrected chi connectivity index (χ3v) is 5.63. The Morgan fingerprint density at radius 1 is 1.10 bits per heavy atom. The van der Waals surface area contributed by atoms with Crippen molar-refractivity contribution in [3.8, 4) is 11.5 Å². The number of fused-ring (bicyclic) bond motifs is 2. The summed E-state index contributed by atoms with van der Waals surface area (Å²) in [6, 6.07) is 13.8. The van der Waals surface area contributed by atoms with Crippen molar-refractivity contribution in [1.29, 1.82) is 0 Å². The van der Waals surface area contributed by atoms with Gasteiger partial charge in [-0.05, 0) is 55.3 Å². The van der Waals surface area contributed by atoms with Gasteiger partial charge in [-0.15, -0.1) is 0 Å². The van der Waals surface area contributed by atoms with Crippen LogP contribution in [0.15, 0.2) is 64.6 Å². The Kier molecular flexibility index (Phi) is 5.21. The number of hydrogen-bond donors (Lipinski definition) is 1. The Morgan fingerprint density at radius 2 is 2.00 bits per heavy atom. The lowest BCUT2D eigenvalue weighted by atomic mass is 10.1. The first kappa shape index (κ1) is 18.8. The topological polar surface area (TPSA) is 75.5 Å². The molecule has 1 fully saturated rings. The minimum absolute atomic E-state index is 0.485. The molecule has 0 saturated carbocycles. The first-order chi connectivity index (χ1) is 14.8. The Hall–Kier alpha value is -3.16. The van der Waals surface area contributed by atoms with Gasteiger partial charge in [-0.2, -0.15) is 0 Å². The van der Waals surface area contributed by atoms with Gasteiger partial charge in [0, 0.05) is 36.3 Å². The van der Waals surface area contributed by atoms with Gasteiger partial charge in [0.15, 0.2) is 5.76 Å². The van der Waals surface area contributed by atoms with Crippen LogP contribution in [0.1, 0.15) is 12.0 Å². The molecule has 0 atom stereocenters. The van der Waals surface area contributed by atoms with E-state index in [-0.39, 0.29) is 0 Å². The van der Waals surface area contributed by atoms with Gasteiger partial charge in [-0.1, -0.05) is 11.2 Å². The summed E-state index contributed by atoms with van der Waals surface area (Å²) < 4.78 is 13.4. The SMILES string of the molecule is O/N=c1\cc(-c2cc3cccn3cn2)oc2ccc(CCCN3CCOCC3)cc12. The minimum atomic E-state index is 0.485. The van der Waals surface area contributed by atoms with Gasteiger partial charge in [0.25, 0.3) is 0 Å². The predicted octanol–water partition coefficient (Wildman–Crippen LogP) is 3.30. The molecule has 4 heterocycles. The number of morpholine rings is 1. The molecule has 7 nitrogen and oxygen atoms in total. The second-order valence-electron chi connectivity index (χ2n) is 7.60. The maximum Gasteiger partial charge on any atom is 0.155 e. The first-order valence-corrected chi connectivity index (χ1v) is 10.3. The zero-order chi connectivity index (χ0) is 20.3. The standard InChI is InChI=1S/C23H24N4O3/c28-25-20-15-23(21-14-18-4-2-8-27(18)16-24-21)30-22-6-5-17(13-19(20)22)3-1-7-26-9-11-29-12-10-26/h2,4-6,8,13-16,28H,1,3,7,9-12H2/b25-20+. The molecule has 1 saturated heterocycles. The number of aryl methyl sites for hydroxylation is 1. The van der Waals surface area contributed by atoms with Crippen molar-refractivity contribution in [1.82, 2.24) is 14.3 Å². The molecule has 5 rings (SSSR count). The van der Waals surface area contributed by atoms with Crippen molar-refractivity contribution in [3.63, 3.8) is 0 Å². The van der Waals surface area contributed by atoms with E-state index < -0.39 is 0 Å². The van der Waals surface area contributed by atoms with Crippen molar-refractivity contribution in [2.75, 3.05) is 32.8 Å². The van der Waals surface area contributed by atoms with Crippen LogP contribution < -0.4 is 5.36 Å². The van der Waals surface area contributed by atoms with Crippen LogP contribution in [0, 0.1) is 0 Å². The van der Waals surface area contributed by atoms with Crippen LogP contribution in [-0.4, -0.2) is 52.3 Å². The zero-order valence-corrected chi connectivity index (χ0v) is 16.7. The molecule has 0 unspecified atom stereocenters. The third-order valence-electron chi connectivity index (χ3n) is 5.63. The second kappa shape index (κ2) is 8.30. The highest BCUT2D eigenvalue weighted by Crippen LogP contribution is 2.23. The van der Waals surface area contributed by atoms with Crippen molar-refractivity contribution < 1.29 is 14.4 Å². The maximum atomic E-state index is 9.62. The lowest BCUT2D eigenvalue weighted by Crippen LogP contribution is -2.36. The Labute approximate surface area is 173 Å². The van der Waals surface area contributed by atoms with E-state index in [0.29, 0.717) is 22.4 Å². The second-order valence-corrected chi connectivity index (χ2v) is 7.60. The normalized spacial score (nSPS) is 15.9. The predicted molar refractivity (Wildman–Crippen MR) is 113 cm³/mol. The molecular weight excluding hydrogens is 380 g/mol. The van der Waals surface area contributed by atoms with Gasteiger partial charge in [0.1, 0.15) is 16.6 Å². The number of nitrogens with zero attached hydrogens (tertiary/aromatic N) is 4. The number of hydrogen-bond acceptors (Lipinski definition) is 6. The molecule has 1 aliphatic heterocycles. The molecule has 0 spiro atoms. The smallest absolute Gasteiger partial charge is 0.155 e.